The maximum absolute atomic E-state index is 12.3. The molecule has 1 radical (unpaired) electrons. The molecule has 0 aromatic heterocycles. The molecule has 0 spiro atoms. The van der Waals surface area contributed by atoms with Gasteiger partial charge in [0.2, 0.25) is 0 Å². The Hall–Kier alpha value is -0.850. The largest absolute Gasteiger partial charge is 0.250 e. The Morgan fingerprint density at radius 1 is 1.46 bits per heavy atom. The SMILES string of the molecule is [CH2]C(CF)c1ccc(CC)c(C)c1. The molecule has 71 valence electrons. The zero-order chi connectivity index (χ0) is 9.84. The van der Waals surface area contributed by atoms with Crippen molar-refractivity contribution in [3.05, 3.63) is 41.8 Å². The zero-order valence-electron chi connectivity index (χ0n) is 8.31. The summed E-state index contributed by atoms with van der Waals surface area (Å²) in [5.74, 6) is -0.218. The van der Waals surface area contributed by atoms with E-state index in [-0.39, 0.29) is 12.6 Å². The summed E-state index contributed by atoms with van der Waals surface area (Å²) in [6.45, 7) is 7.55. The van der Waals surface area contributed by atoms with E-state index >= 15 is 0 Å². The zero-order valence-corrected chi connectivity index (χ0v) is 8.31. The minimum absolute atomic E-state index is 0.218. The second-order valence-corrected chi connectivity index (χ2v) is 3.39. The van der Waals surface area contributed by atoms with Gasteiger partial charge in [0, 0.05) is 5.92 Å². The molecule has 1 aromatic carbocycles. The van der Waals surface area contributed by atoms with Crippen LogP contribution in [0.4, 0.5) is 4.39 Å². The van der Waals surface area contributed by atoms with E-state index in [0.717, 1.165) is 12.0 Å². The molecule has 0 N–H and O–H groups in total. The Labute approximate surface area is 79.8 Å². The van der Waals surface area contributed by atoms with Crippen molar-refractivity contribution in [1.29, 1.82) is 0 Å². The van der Waals surface area contributed by atoms with Crippen LogP contribution in [0.2, 0.25) is 0 Å². The monoisotopic (exact) mass is 179 g/mol. The molecular weight excluding hydrogens is 163 g/mol. The van der Waals surface area contributed by atoms with Crippen molar-refractivity contribution in [3.8, 4) is 0 Å². The smallest absolute Gasteiger partial charge is 0.0962 e. The van der Waals surface area contributed by atoms with Crippen LogP contribution >= 0.6 is 0 Å². The summed E-state index contributed by atoms with van der Waals surface area (Å²) >= 11 is 0. The first kappa shape index (κ1) is 10.2. The molecule has 0 bridgehead atoms. The minimum atomic E-state index is -0.384. The quantitative estimate of drug-likeness (QED) is 0.666. The van der Waals surface area contributed by atoms with Crippen molar-refractivity contribution in [2.45, 2.75) is 26.2 Å². The summed E-state index contributed by atoms with van der Waals surface area (Å²) in [5.41, 5.74) is 3.56. The van der Waals surface area contributed by atoms with Crippen LogP contribution in [0, 0.1) is 13.8 Å². The summed E-state index contributed by atoms with van der Waals surface area (Å²) < 4.78 is 12.3. The highest BCUT2D eigenvalue weighted by Gasteiger charge is 2.05. The fourth-order valence-electron chi connectivity index (χ4n) is 1.46. The Balaban J connectivity index is 2.95. The van der Waals surface area contributed by atoms with Crippen molar-refractivity contribution in [1.82, 2.24) is 0 Å². The first-order valence-electron chi connectivity index (χ1n) is 4.67. The molecule has 1 heteroatoms. The highest BCUT2D eigenvalue weighted by atomic mass is 19.1. The third-order valence-corrected chi connectivity index (χ3v) is 2.41. The van der Waals surface area contributed by atoms with Gasteiger partial charge in [-0.25, -0.2) is 0 Å². The number of hydrogen-bond donors (Lipinski definition) is 0. The number of aryl methyl sites for hydroxylation is 2. The average Bonchev–Trinajstić information content (AvgIpc) is 2.16. The van der Waals surface area contributed by atoms with Crippen molar-refractivity contribution < 1.29 is 4.39 Å². The van der Waals surface area contributed by atoms with Gasteiger partial charge in [-0.05, 0) is 37.0 Å². The Morgan fingerprint density at radius 2 is 2.15 bits per heavy atom. The van der Waals surface area contributed by atoms with Crippen molar-refractivity contribution >= 4 is 0 Å². The maximum Gasteiger partial charge on any atom is 0.0962 e. The lowest BCUT2D eigenvalue weighted by atomic mass is 9.97. The Kier molecular flexibility index (Phi) is 3.47. The van der Waals surface area contributed by atoms with Crippen LogP contribution in [0.5, 0.6) is 0 Å². The van der Waals surface area contributed by atoms with Crippen LogP contribution in [-0.2, 0) is 6.42 Å². The molecule has 1 aromatic rings. The molecule has 1 rings (SSSR count). The number of hydrogen-bond acceptors (Lipinski definition) is 0. The van der Waals surface area contributed by atoms with Crippen LogP contribution < -0.4 is 0 Å². The molecule has 0 saturated heterocycles. The van der Waals surface area contributed by atoms with Gasteiger partial charge in [-0.1, -0.05) is 25.1 Å². The molecular formula is C12H16F. The van der Waals surface area contributed by atoms with Gasteiger partial charge in [0.1, 0.15) is 0 Å². The van der Waals surface area contributed by atoms with E-state index in [9.17, 15) is 4.39 Å². The second-order valence-electron chi connectivity index (χ2n) is 3.39. The number of alkyl halides is 1. The predicted molar refractivity (Wildman–Crippen MR) is 54.6 cm³/mol. The van der Waals surface area contributed by atoms with Gasteiger partial charge < -0.3 is 0 Å². The molecule has 0 saturated carbocycles. The molecule has 13 heavy (non-hydrogen) atoms. The van der Waals surface area contributed by atoms with Crippen molar-refractivity contribution in [3.63, 3.8) is 0 Å². The molecule has 0 aliphatic rings. The first-order chi connectivity index (χ1) is 6.19. The van der Waals surface area contributed by atoms with Crippen molar-refractivity contribution in [2.24, 2.45) is 0 Å². The van der Waals surface area contributed by atoms with E-state index in [2.05, 4.69) is 26.8 Å². The highest BCUT2D eigenvalue weighted by Crippen LogP contribution is 2.19. The van der Waals surface area contributed by atoms with Gasteiger partial charge in [0.05, 0.1) is 6.67 Å². The van der Waals surface area contributed by atoms with Crippen LogP contribution in [0.25, 0.3) is 0 Å². The van der Waals surface area contributed by atoms with Gasteiger partial charge in [-0.15, -0.1) is 0 Å². The minimum Gasteiger partial charge on any atom is -0.250 e. The second kappa shape index (κ2) is 4.40. The third kappa shape index (κ3) is 2.30. The van der Waals surface area contributed by atoms with E-state index < -0.39 is 0 Å². The summed E-state index contributed by atoms with van der Waals surface area (Å²) in [6, 6.07) is 6.08. The number of halogens is 1. The Bertz CT molecular complexity index is 278. The van der Waals surface area contributed by atoms with Crippen LogP contribution in [0.15, 0.2) is 18.2 Å². The first-order valence-corrected chi connectivity index (χ1v) is 4.67. The predicted octanol–water partition coefficient (Wildman–Crippen LogP) is 3.44. The van der Waals surface area contributed by atoms with Crippen LogP contribution in [0.1, 0.15) is 29.5 Å². The number of rotatable bonds is 3. The molecule has 0 nitrogen and oxygen atoms in total. The normalized spacial score (nSPS) is 12.9. The van der Waals surface area contributed by atoms with E-state index in [0.29, 0.717) is 0 Å². The maximum atomic E-state index is 12.3. The van der Waals surface area contributed by atoms with E-state index in [1.54, 1.807) is 0 Å². The number of benzene rings is 1. The standard InChI is InChI=1S/C12H16F/c1-4-11-5-6-12(7-9(11)2)10(3)8-13/h5-7,10H,3-4,8H2,1-2H3. The van der Waals surface area contributed by atoms with Gasteiger partial charge >= 0.3 is 0 Å². The molecule has 0 aliphatic heterocycles. The third-order valence-electron chi connectivity index (χ3n) is 2.41. The summed E-state index contributed by atoms with van der Waals surface area (Å²) in [6.07, 6.45) is 1.03. The molecule has 0 fully saturated rings. The van der Waals surface area contributed by atoms with Gasteiger partial charge in [-0.3, -0.25) is 4.39 Å². The van der Waals surface area contributed by atoms with E-state index in [1.807, 2.05) is 12.1 Å². The molecule has 0 heterocycles. The highest BCUT2D eigenvalue weighted by molar-refractivity contribution is 5.33. The van der Waals surface area contributed by atoms with E-state index in [4.69, 9.17) is 0 Å². The van der Waals surface area contributed by atoms with Crippen LogP contribution in [-0.4, -0.2) is 6.67 Å². The summed E-state index contributed by atoms with van der Waals surface area (Å²) in [5, 5.41) is 0. The fraction of sp³-hybridized carbons (Fsp3) is 0.417. The van der Waals surface area contributed by atoms with Gasteiger partial charge in [-0.2, -0.15) is 0 Å². The van der Waals surface area contributed by atoms with Crippen molar-refractivity contribution in [2.75, 3.05) is 6.67 Å². The summed E-state index contributed by atoms with van der Waals surface area (Å²) in [4.78, 5) is 0. The lowest BCUT2D eigenvalue weighted by molar-refractivity contribution is 0.465. The van der Waals surface area contributed by atoms with E-state index in [1.165, 1.54) is 11.1 Å². The van der Waals surface area contributed by atoms with Crippen LogP contribution in [0.3, 0.4) is 0 Å². The topological polar surface area (TPSA) is 0 Å². The molecule has 0 aliphatic carbocycles. The van der Waals surface area contributed by atoms with Gasteiger partial charge in [0.15, 0.2) is 0 Å². The lowest BCUT2D eigenvalue weighted by Crippen LogP contribution is -1.97. The average molecular weight is 179 g/mol. The summed E-state index contributed by atoms with van der Waals surface area (Å²) in [7, 11) is 0. The fourth-order valence-corrected chi connectivity index (χ4v) is 1.46. The van der Waals surface area contributed by atoms with Gasteiger partial charge in [0.25, 0.3) is 0 Å². The molecule has 1 unspecified atom stereocenters. The molecule has 0 amide bonds. The molecule has 1 atom stereocenters. The Morgan fingerprint density at radius 3 is 2.62 bits per heavy atom. The lowest BCUT2D eigenvalue weighted by Gasteiger charge is -2.10.